The number of halogens is 1. The zero-order valence-electron chi connectivity index (χ0n) is 42.6. The molecule has 14 nitrogen and oxygen atoms in total. The van der Waals surface area contributed by atoms with E-state index in [-0.39, 0.29) is 52.4 Å². The standard InChI is InChI=1S/C26H40INO6S.C26H39NO6S/c1-14-8-7-9-20(29)19(27)11-21(15(2)10-18-13-35-17(4)28-18)34-23(31)12-22(30)26(5,6)25(33)16(3)24(14)32;1-14-8-7-9-19-21(32-19)11-20(15(2)10-18-13-34-17(4)27-18)33-23(29)12-22(28)26(5,6)25(31)16(3)24(14)30/h10,13-14,16,19-22,24,29-30,32H,7-9,11-12H2,1-6H3;10,13-14,16,19-22,24,28,30H,7-9,11-12H2,1-6H3/b2*15-10+/t14?,16-,19?,20-,21?,22+,24+;14?,16-,19+,20?,21-,22+,24+/m11/s1. The number of ketones is 2. The predicted octanol–water partition coefficient (Wildman–Crippen LogP) is 8.57. The minimum Gasteiger partial charge on any atom is -0.458 e. The van der Waals surface area contributed by atoms with E-state index in [1.807, 2.05) is 64.5 Å². The van der Waals surface area contributed by atoms with Crippen LogP contribution in [0.5, 0.6) is 0 Å². The molecule has 0 bridgehead atoms. The van der Waals surface area contributed by atoms with Crippen molar-refractivity contribution < 1.29 is 58.9 Å². The highest BCUT2D eigenvalue weighted by molar-refractivity contribution is 14.1. The van der Waals surface area contributed by atoms with Gasteiger partial charge in [-0.2, -0.15) is 0 Å². The molecule has 0 aliphatic carbocycles. The van der Waals surface area contributed by atoms with Crippen molar-refractivity contribution in [1.29, 1.82) is 0 Å². The number of hydrogen-bond donors (Lipinski definition) is 5. The third kappa shape index (κ3) is 16.8. The fourth-order valence-electron chi connectivity index (χ4n) is 9.26. The number of esters is 2. The number of thiazole rings is 2. The molecule has 17 heteroatoms. The number of aliphatic hydroxyl groups excluding tert-OH is 5. The lowest BCUT2D eigenvalue weighted by Gasteiger charge is -2.35. The Hall–Kier alpha value is -2.49. The highest BCUT2D eigenvalue weighted by Gasteiger charge is 2.45. The number of cyclic esters (lactones) is 2. The Bertz CT molecular complexity index is 2100. The Morgan fingerprint density at radius 2 is 1.06 bits per heavy atom. The van der Waals surface area contributed by atoms with Gasteiger partial charge in [-0.1, -0.05) is 90.8 Å². The van der Waals surface area contributed by atoms with Crippen LogP contribution >= 0.6 is 45.3 Å². The molecule has 14 atom stereocenters. The number of carbonyl (C=O) groups is 4. The van der Waals surface area contributed by atoms with Gasteiger partial charge in [-0.3, -0.25) is 19.2 Å². The van der Waals surface area contributed by atoms with Crippen LogP contribution in [0.3, 0.4) is 0 Å². The summed E-state index contributed by atoms with van der Waals surface area (Å²) in [5, 5.41) is 59.8. The first-order valence-electron chi connectivity index (χ1n) is 24.5. The summed E-state index contributed by atoms with van der Waals surface area (Å²) in [5.74, 6) is -3.25. The first-order valence-corrected chi connectivity index (χ1v) is 27.5. The molecule has 5 rings (SSSR count). The molecular weight excluding hydrogens is 1040 g/mol. The Morgan fingerprint density at radius 3 is 1.46 bits per heavy atom. The number of epoxide rings is 1. The second-order valence-electron chi connectivity index (χ2n) is 21.1. The van der Waals surface area contributed by atoms with Gasteiger partial charge < -0.3 is 39.7 Å². The van der Waals surface area contributed by atoms with Crippen molar-refractivity contribution in [3.05, 3.63) is 43.3 Å². The fourth-order valence-corrected chi connectivity index (χ4v) is 11.2. The number of Topliss-reactive ketones (excluding diaryl/α,β-unsaturated/α-hetero) is 2. The minimum atomic E-state index is -1.26. The summed E-state index contributed by atoms with van der Waals surface area (Å²) >= 11 is 5.29. The van der Waals surface area contributed by atoms with E-state index >= 15 is 0 Å². The number of rotatable bonds is 4. The molecule has 0 saturated carbocycles. The number of hydrogen-bond acceptors (Lipinski definition) is 16. The second kappa shape index (κ2) is 25.9. The zero-order valence-corrected chi connectivity index (χ0v) is 46.4. The van der Waals surface area contributed by atoms with E-state index in [0.717, 1.165) is 51.8 Å². The van der Waals surface area contributed by atoms with Gasteiger partial charge in [0.1, 0.15) is 23.8 Å². The Morgan fingerprint density at radius 1 is 0.652 bits per heavy atom. The van der Waals surface area contributed by atoms with E-state index in [9.17, 15) is 44.7 Å². The topological polar surface area (TPSA) is 226 Å². The number of aliphatic hydroxyl groups is 5. The Balaban J connectivity index is 0.000000301. The van der Waals surface area contributed by atoms with Gasteiger partial charge in [0.2, 0.25) is 0 Å². The number of aromatic nitrogens is 2. The van der Waals surface area contributed by atoms with Crippen molar-refractivity contribution in [2.75, 3.05) is 0 Å². The SMILES string of the molecule is C/C(=C\c1csc(C)n1)C1CC(I)[C@H](O)CCCC(C)[C@H](O)[C@@H](C)C(=O)C(C)(C)[C@@H](O)CC(=O)O1.C/C(=C\c1csc(C)n1)C1C[C@H]2O[C@H]2CCCC(C)[C@H](O)[C@@H](C)C(=O)C(C)(C)[C@@H](O)CC(=O)O1. The molecule has 3 aliphatic heterocycles. The summed E-state index contributed by atoms with van der Waals surface area (Å²) in [5.41, 5.74) is 0.852. The maximum absolute atomic E-state index is 13.2. The van der Waals surface area contributed by atoms with Crippen LogP contribution in [0.25, 0.3) is 12.2 Å². The van der Waals surface area contributed by atoms with Crippen LogP contribution in [0, 0.1) is 48.3 Å². The second-order valence-corrected chi connectivity index (χ2v) is 24.8. The van der Waals surface area contributed by atoms with Crippen LogP contribution in [0.1, 0.15) is 155 Å². The Labute approximate surface area is 431 Å². The highest BCUT2D eigenvalue weighted by atomic mass is 127. The first-order chi connectivity index (χ1) is 32.1. The average Bonchev–Trinajstić information content (AvgIpc) is 3.67. The number of aryl methyl sites for hydroxylation is 2. The third-order valence-corrected chi connectivity index (χ3v) is 17.5. The van der Waals surface area contributed by atoms with Crippen LogP contribution in [0.15, 0.2) is 21.9 Å². The predicted molar refractivity (Wildman–Crippen MR) is 278 cm³/mol. The highest BCUT2D eigenvalue weighted by Crippen LogP contribution is 2.38. The molecule has 3 fully saturated rings. The molecule has 0 radical (unpaired) electrons. The molecule has 0 spiro atoms. The lowest BCUT2D eigenvalue weighted by molar-refractivity contribution is -0.156. The fraction of sp³-hybridized carbons (Fsp3) is 0.731. The summed E-state index contributed by atoms with van der Waals surface area (Å²) in [7, 11) is 0. The van der Waals surface area contributed by atoms with E-state index in [2.05, 4.69) is 32.6 Å². The lowest BCUT2D eigenvalue weighted by atomic mass is 9.73. The number of carbonyl (C=O) groups excluding carboxylic acids is 4. The largest absolute Gasteiger partial charge is 0.458 e. The molecule has 3 aliphatic rings. The average molecular weight is 1120 g/mol. The molecule has 0 aromatic carbocycles. The Kier molecular flexibility index (Phi) is 22.2. The van der Waals surface area contributed by atoms with Crippen LogP contribution in [-0.4, -0.2) is 118 Å². The van der Waals surface area contributed by atoms with Gasteiger partial charge in [0, 0.05) is 39.4 Å². The lowest BCUT2D eigenvalue weighted by Crippen LogP contribution is -2.45. The van der Waals surface area contributed by atoms with Crippen molar-refractivity contribution in [3.63, 3.8) is 0 Å². The van der Waals surface area contributed by atoms with Gasteiger partial charge in [-0.25, -0.2) is 9.97 Å². The molecule has 5 N–H and O–H groups in total. The quantitative estimate of drug-likeness (QED) is 0.0837. The number of nitrogens with zero attached hydrogens (tertiary/aromatic N) is 2. The number of alkyl halides is 1. The smallest absolute Gasteiger partial charge is 0.309 e. The van der Waals surface area contributed by atoms with Gasteiger partial charge in [0.15, 0.2) is 0 Å². The number of ether oxygens (including phenoxy) is 3. The van der Waals surface area contributed by atoms with E-state index in [0.29, 0.717) is 32.1 Å². The molecular formula is C52H79IN2O12S2. The molecule has 0 amide bonds. The molecule has 5 unspecified atom stereocenters. The van der Waals surface area contributed by atoms with Crippen LogP contribution in [0.2, 0.25) is 0 Å². The van der Waals surface area contributed by atoms with Crippen molar-refractivity contribution in [2.24, 2.45) is 34.5 Å². The zero-order chi connectivity index (χ0) is 51.7. The van der Waals surface area contributed by atoms with Crippen LogP contribution < -0.4 is 0 Å². The molecule has 388 valence electrons. The summed E-state index contributed by atoms with van der Waals surface area (Å²) in [6, 6.07) is 0. The molecule has 5 heterocycles. The van der Waals surface area contributed by atoms with E-state index in [4.69, 9.17) is 14.2 Å². The molecule has 2 aromatic rings. The van der Waals surface area contributed by atoms with Gasteiger partial charge in [-0.15, -0.1) is 22.7 Å². The maximum Gasteiger partial charge on any atom is 0.309 e. The van der Waals surface area contributed by atoms with Crippen molar-refractivity contribution >= 4 is 80.9 Å². The number of fused-ring (bicyclic) bond motifs is 1. The normalized spacial score (nSPS) is 35.2. The van der Waals surface area contributed by atoms with Gasteiger partial charge in [0.25, 0.3) is 0 Å². The molecule has 69 heavy (non-hydrogen) atoms. The summed E-state index contributed by atoms with van der Waals surface area (Å²) in [6.07, 6.45) is 2.82. The van der Waals surface area contributed by atoms with E-state index in [1.165, 1.54) is 11.3 Å². The molecule has 3 saturated heterocycles. The molecule has 2 aromatic heterocycles. The van der Waals surface area contributed by atoms with Crippen LogP contribution in [0.4, 0.5) is 0 Å². The van der Waals surface area contributed by atoms with Gasteiger partial charge in [0.05, 0.1) is 87.8 Å². The summed E-state index contributed by atoms with van der Waals surface area (Å²) in [6.45, 7) is 21.3. The monoisotopic (exact) mass is 1110 g/mol. The third-order valence-electron chi connectivity index (χ3n) is 14.6. The van der Waals surface area contributed by atoms with Crippen molar-refractivity contribution in [1.82, 2.24) is 9.97 Å². The van der Waals surface area contributed by atoms with E-state index < -0.39 is 77.3 Å². The maximum atomic E-state index is 13.2. The van der Waals surface area contributed by atoms with Crippen LogP contribution in [-0.2, 0) is 33.4 Å². The summed E-state index contributed by atoms with van der Waals surface area (Å²) < 4.78 is 17.3. The van der Waals surface area contributed by atoms with E-state index in [1.54, 1.807) is 52.9 Å². The first kappa shape index (κ1) is 59.1. The minimum absolute atomic E-state index is 0.00770. The van der Waals surface area contributed by atoms with Crippen molar-refractivity contribution in [2.45, 2.75) is 206 Å². The summed E-state index contributed by atoms with van der Waals surface area (Å²) in [4.78, 5) is 61.0. The van der Waals surface area contributed by atoms with Gasteiger partial charge in [-0.05, 0) is 88.5 Å². The van der Waals surface area contributed by atoms with Crippen molar-refractivity contribution in [3.8, 4) is 0 Å². The van der Waals surface area contributed by atoms with Gasteiger partial charge >= 0.3 is 11.9 Å².